The fraction of sp³-hybridized carbons (Fsp3) is 0.294. The van der Waals surface area contributed by atoms with E-state index in [1.54, 1.807) is 6.07 Å². The Morgan fingerprint density at radius 1 is 1.19 bits per heavy atom. The van der Waals surface area contributed by atoms with E-state index in [-0.39, 0.29) is 11.1 Å². The van der Waals surface area contributed by atoms with Crippen LogP contribution in [0.5, 0.6) is 0 Å². The molecule has 0 unspecified atom stereocenters. The van der Waals surface area contributed by atoms with Gasteiger partial charge in [-0.1, -0.05) is 48.4 Å². The van der Waals surface area contributed by atoms with E-state index in [1.807, 2.05) is 18.2 Å². The number of nitrogens with zero attached hydrogens (tertiary/aromatic N) is 2. The largest absolute Gasteiger partial charge is 0.369 e. The van der Waals surface area contributed by atoms with Gasteiger partial charge < -0.3 is 5.32 Å². The van der Waals surface area contributed by atoms with Gasteiger partial charge in [0.05, 0.1) is 5.02 Å². The first-order valence-electron chi connectivity index (χ1n) is 7.10. The van der Waals surface area contributed by atoms with Gasteiger partial charge in [0.15, 0.2) is 5.69 Å². The van der Waals surface area contributed by atoms with E-state index in [0.717, 1.165) is 6.54 Å². The minimum absolute atomic E-state index is 0.190. The maximum Gasteiger partial charge on any atom is 0.161 e. The minimum Gasteiger partial charge on any atom is -0.369 e. The predicted molar refractivity (Wildman–Crippen MR) is 84.4 cm³/mol. The number of halogens is 1. The molecule has 0 aliphatic heterocycles. The molecule has 1 saturated carbocycles. The lowest BCUT2D eigenvalue weighted by Gasteiger charge is -2.42. The van der Waals surface area contributed by atoms with Gasteiger partial charge in [0.1, 0.15) is 11.9 Å². The summed E-state index contributed by atoms with van der Waals surface area (Å²) in [4.78, 5) is 4.24. The standard InChI is InChI=1S/C17H16ClN3/c18-14-7-8-16(21-15(14)11-19)20-12-17(9-4-10-17)13-5-2-1-3-6-13/h1-3,5-8H,4,9-10,12H2,(H,20,21). The van der Waals surface area contributed by atoms with Gasteiger partial charge in [-0.2, -0.15) is 5.26 Å². The number of nitrogens with one attached hydrogen (secondary N) is 1. The molecule has 106 valence electrons. The predicted octanol–water partition coefficient (Wildman–Crippen LogP) is 4.14. The average Bonchev–Trinajstić information content (AvgIpc) is 2.49. The Labute approximate surface area is 129 Å². The first-order chi connectivity index (χ1) is 10.2. The van der Waals surface area contributed by atoms with E-state index in [9.17, 15) is 0 Å². The van der Waals surface area contributed by atoms with Crippen LogP contribution < -0.4 is 5.32 Å². The highest BCUT2D eigenvalue weighted by atomic mass is 35.5. The van der Waals surface area contributed by atoms with Crippen LogP contribution in [0.25, 0.3) is 0 Å². The van der Waals surface area contributed by atoms with E-state index in [0.29, 0.717) is 10.8 Å². The maximum atomic E-state index is 8.98. The molecule has 3 rings (SSSR count). The van der Waals surface area contributed by atoms with Gasteiger partial charge in [-0.15, -0.1) is 0 Å². The van der Waals surface area contributed by atoms with Gasteiger partial charge in [0, 0.05) is 12.0 Å². The zero-order valence-electron chi connectivity index (χ0n) is 11.6. The molecule has 0 spiro atoms. The van der Waals surface area contributed by atoms with Gasteiger partial charge in [-0.3, -0.25) is 0 Å². The molecule has 0 atom stereocenters. The topological polar surface area (TPSA) is 48.7 Å². The van der Waals surface area contributed by atoms with E-state index >= 15 is 0 Å². The molecule has 1 aromatic heterocycles. The summed E-state index contributed by atoms with van der Waals surface area (Å²) < 4.78 is 0. The molecule has 1 fully saturated rings. The zero-order valence-corrected chi connectivity index (χ0v) is 12.4. The van der Waals surface area contributed by atoms with Crippen molar-refractivity contribution in [2.45, 2.75) is 24.7 Å². The summed E-state index contributed by atoms with van der Waals surface area (Å²) in [6.45, 7) is 0.830. The molecule has 1 aliphatic rings. The number of aromatic nitrogens is 1. The van der Waals surface area contributed by atoms with Crippen LogP contribution in [-0.2, 0) is 5.41 Å². The molecule has 2 aromatic rings. The van der Waals surface area contributed by atoms with Gasteiger partial charge in [-0.25, -0.2) is 4.98 Å². The van der Waals surface area contributed by atoms with E-state index in [4.69, 9.17) is 16.9 Å². The maximum absolute atomic E-state index is 8.98. The number of hydrogen-bond donors (Lipinski definition) is 1. The molecule has 3 nitrogen and oxygen atoms in total. The summed E-state index contributed by atoms with van der Waals surface area (Å²) in [5.74, 6) is 0.707. The van der Waals surface area contributed by atoms with Crippen molar-refractivity contribution in [3.63, 3.8) is 0 Å². The van der Waals surface area contributed by atoms with Crippen molar-refractivity contribution in [1.82, 2.24) is 4.98 Å². The second kappa shape index (κ2) is 5.75. The Balaban J connectivity index is 1.76. The normalized spacial score (nSPS) is 15.8. The van der Waals surface area contributed by atoms with Gasteiger partial charge >= 0.3 is 0 Å². The van der Waals surface area contributed by atoms with Gasteiger partial charge in [0.2, 0.25) is 0 Å². The SMILES string of the molecule is N#Cc1nc(NCC2(c3ccccc3)CCC2)ccc1Cl. The number of rotatable bonds is 4. The van der Waals surface area contributed by atoms with Crippen LogP contribution in [0.15, 0.2) is 42.5 Å². The van der Waals surface area contributed by atoms with Crippen molar-refractivity contribution in [3.8, 4) is 6.07 Å². The molecule has 0 saturated heterocycles. The lowest BCUT2D eigenvalue weighted by molar-refractivity contribution is 0.260. The highest BCUT2D eigenvalue weighted by Crippen LogP contribution is 2.43. The fourth-order valence-electron chi connectivity index (χ4n) is 2.84. The van der Waals surface area contributed by atoms with Crippen molar-refractivity contribution >= 4 is 17.4 Å². The Morgan fingerprint density at radius 2 is 1.95 bits per heavy atom. The summed E-state index contributed by atoms with van der Waals surface area (Å²) in [5.41, 5.74) is 1.83. The smallest absolute Gasteiger partial charge is 0.161 e. The number of pyridine rings is 1. The second-order valence-corrected chi connectivity index (χ2v) is 5.90. The lowest BCUT2D eigenvalue weighted by atomic mass is 9.64. The van der Waals surface area contributed by atoms with Crippen LogP contribution in [-0.4, -0.2) is 11.5 Å². The average molecular weight is 298 g/mol. The highest BCUT2D eigenvalue weighted by Gasteiger charge is 2.38. The third-order valence-electron chi connectivity index (χ3n) is 4.26. The zero-order chi connectivity index (χ0) is 14.7. The number of hydrogen-bond acceptors (Lipinski definition) is 3. The monoisotopic (exact) mass is 297 g/mol. The summed E-state index contributed by atoms with van der Waals surface area (Å²) in [7, 11) is 0. The molecule has 4 heteroatoms. The quantitative estimate of drug-likeness (QED) is 0.922. The summed E-state index contributed by atoms with van der Waals surface area (Å²) in [6.07, 6.45) is 3.62. The summed E-state index contributed by atoms with van der Waals surface area (Å²) in [6, 6.07) is 16.1. The van der Waals surface area contributed by atoms with Crippen molar-refractivity contribution in [3.05, 3.63) is 58.7 Å². The molecular formula is C17H16ClN3. The van der Waals surface area contributed by atoms with Crippen LogP contribution in [0.1, 0.15) is 30.5 Å². The minimum atomic E-state index is 0.190. The van der Waals surface area contributed by atoms with Crippen LogP contribution in [0.4, 0.5) is 5.82 Å². The van der Waals surface area contributed by atoms with Crippen molar-refractivity contribution in [2.24, 2.45) is 0 Å². The first kappa shape index (κ1) is 13.9. The number of anilines is 1. The molecule has 1 N–H and O–H groups in total. The Morgan fingerprint density at radius 3 is 2.57 bits per heavy atom. The molecule has 1 heterocycles. The Bertz CT molecular complexity index is 672. The van der Waals surface area contributed by atoms with Crippen LogP contribution in [0.3, 0.4) is 0 Å². The fourth-order valence-corrected chi connectivity index (χ4v) is 2.99. The first-order valence-corrected chi connectivity index (χ1v) is 7.47. The molecule has 0 bridgehead atoms. The molecule has 1 aliphatic carbocycles. The van der Waals surface area contributed by atoms with E-state index in [2.05, 4.69) is 34.6 Å². The third-order valence-corrected chi connectivity index (χ3v) is 4.56. The van der Waals surface area contributed by atoms with Crippen LogP contribution in [0.2, 0.25) is 5.02 Å². The molecule has 1 aromatic carbocycles. The number of benzene rings is 1. The molecular weight excluding hydrogens is 282 g/mol. The lowest BCUT2D eigenvalue weighted by Crippen LogP contribution is -2.41. The van der Waals surface area contributed by atoms with Crippen molar-refractivity contribution < 1.29 is 0 Å². The van der Waals surface area contributed by atoms with E-state index < -0.39 is 0 Å². The molecule has 0 amide bonds. The van der Waals surface area contributed by atoms with Crippen LogP contribution in [0, 0.1) is 11.3 Å². The molecule has 0 radical (unpaired) electrons. The van der Waals surface area contributed by atoms with Crippen LogP contribution >= 0.6 is 11.6 Å². The Hall–Kier alpha value is -2.05. The Kier molecular flexibility index (Phi) is 3.81. The van der Waals surface area contributed by atoms with Gasteiger partial charge in [0.25, 0.3) is 0 Å². The number of nitriles is 1. The highest BCUT2D eigenvalue weighted by molar-refractivity contribution is 6.31. The third kappa shape index (κ3) is 2.72. The summed E-state index contributed by atoms with van der Waals surface area (Å²) in [5, 5.41) is 12.7. The summed E-state index contributed by atoms with van der Waals surface area (Å²) >= 11 is 5.91. The van der Waals surface area contributed by atoms with Crippen molar-refractivity contribution in [2.75, 3.05) is 11.9 Å². The van der Waals surface area contributed by atoms with E-state index in [1.165, 1.54) is 24.8 Å². The second-order valence-electron chi connectivity index (χ2n) is 5.49. The van der Waals surface area contributed by atoms with Gasteiger partial charge in [-0.05, 0) is 30.5 Å². The molecule has 21 heavy (non-hydrogen) atoms. The van der Waals surface area contributed by atoms with Crippen molar-refractivity contribution in [1.29, 1.82) is 5.26 Å².